The molecule has 0 aromatic heterocycles. The zero-order valence-corrected chi connectivity index (χ0v) is 14.8. The van der Waals surface area contributed by atoms with Crippen LogP contribution in [0.2, 0.25) is 0 Å². The summed E-state index contributed by atoms with van der Waals surface area (Å²) in [5, 5.41) is 9.25. The minimum Gasteiger partial charge on any atom is -0.508 e. The van der Waals surface area contributed by atoms with Gasteiger partial charge in [-0.1, -0.05) is 17.7 Å². The lowest BCUT2D eigenvalue weighted by Gasteiger charge is -2.07. The summed E-state index contributed by atoms with van der Waals surface area (Å²) in [6.45, 7) is 1.88. The van der Waals surface area contributed by atoms with Gasteiger partial charge in [0, 0.05) is 6.21 Å². The van der Waals surface area contributed by atoms with Crippen LogP contribution in [0.1, 0.15) is 11.1 Å². The quantitative estimate of drug-likeness (QED) is 0.541. The van der Waals surface area contributed by atoms with Gasteiger partial charge in [0.05, 0.1) is 5.69 Å². The number of phenolic OH excluding ortho intramolecular Hbond substituents is 1. The van der Waals surface area contributed by atoms with Crippen molar-refractivity contribution in [2.45, 2.75) is 11.8 Å². The Morgan fingerprint density at radius 2 is 1.50 bits per heavy atom. The summed E-state index contributed by atoms with van der Waals surface area (Å²) >= 11 is 0. The van der Waals surface area contributed by atoms with Gasteiger partial charge >= 0.3 is 10.1 Å². The molecular formula is C20H17NO4S. The zero-order valence-electron chi connectivity index (χ0n) is 14.0. The smallest absolute Gasteiger partial charge is 0.339 e. The fourth-order valence-electron chi connectivity index (χ4n) is 2.18. The molecule has 0 saturated carbocycles. The molecule has 3 aromatic carbocycles. The van der Waals surface area contributed by atoms with Gasteiger partial charge in [0.25, 0.3) is 0 Å². The Morgan fingerprint density at radius 1 is 0.885 bits per heavy atom. The van der Waals surface area contributed by atoms with Gasteiger partial charge in [-0.05, 0) is 73.2 Å². The Morgan fingerprint density at radius 3 is 2.12 bits per heavy atom. The van der Waals surface area contributed by atoms with E-state index in [1.54, 1.807) is 66.9 Å². The number of aliphatic imine (C=N–C) groups is 1. The number of phenols is 1. The van der Waals surface area contributed by atoms with Crippen molar-refractivity contribution in [1.82, 2.24) is 0 Å². The van der Waals surface area contributed by atoms with E-state index >= 15 is 0 Å². The SMILES string of the molecule is Cc1ccc(S(=O)(=O)Oc2ccc(C=Nc3ccc(O)cc3)cc2)cc1. The van der Waals surface area contributed by atoms with Crippen molar-refractivity contribution in [3.63, 3.8) is 0 Å². The maximum Gasteiger partial charge on any atom is 0.339 e. The van der Waals surface area contributed by atoms with Crippen LogP contribution in [0.15, 0.2) is 82.7 Å². The lowest BCUT2D eigenvalue weighted by Crippen LogP contribution is -2.09. The van der Waals surface area contributed by atoms with Crippen LogP contribution in [0.5, 0.6) is 11.5 Å². The molecule has 5 nitrogen and oxygen atoms in total. The molecule has 0 unspecified atom stereocenters. The van der Waals surface area contributed by atoms with Gasteiger partial charge in [-0.2, -0.15) is 8.42 Å². The lowest BCUT2D eigenvalue weighted by atomic mass is 10.2. The van der Waals surface area contributed by atoms with Crippen LogP contribution >= 0.6 is 0 Å². The van der Waals surface area contributed by atoms with Crippen LogP contribution in [0.4, 0.5) is 5.69 Å². The third kappa shape index (κ3) is 4.49. The molecule has 0 radical (unpaired) electrons. The average molecular weight is 367 g/mol. The lowest BCUT2D eigenvalue weighted by molar-refractivity contribution is 0.475. The van der Waals surface area contributed by atoms with Gasteiger partial charge < -0.3 is 9.29 Å². The first-order valence-electron chi connectivity index (χ1n) is 7.87. The van der Waals surface area contributed by atoms with E-state index in [0.717, 1.165) is 11.1 Å². The summed E-state index contributed by atoms with van der Waals surface area (Å²) in [7, 11) is -3.86. The highest BCUT2D eigenvalue weighted by Gasteiger charge is 2.16. The molecule has 0 aliphatic carbocycles. The van der Waals surface area contributed by atoms with Crippen LogP contribution < -0.4 is 4.18 Å². The Labute approximate surface area is 152 Å². The number of nitrogens with zero attached hydrogens (tertiary/aromatic N) is 1. The molecule has 0 heterocycles. The maximum atomic E-state index is 12.3. The van der Waals surface area contributed by atoms with Gasteiger partial charge in [0.15, 0.2) is 0 Å². The highest BCUT2D eigenvalue weighted by molar-refractivity contribution is 7.87. The summed E-state index contributed by atoms with van der Waals surface area (Å²) in [5.74, 6) is 0.410. The predicted molar refractivity (Wildman–Crippen MR) is 101 cm³/mol. The van der Waals surface area contributed by atoms with Crippen molar-refractivity contribution < 1.29 is 17.7 Å². The van der Waals surface area contributed by atoms with E-state index in [1.165, 1.54) is 12.1 Å². The molecule has 132 valence electrons. The molecule has 3 rings (SSSR count). The van der Waals surface area contributed by atoms with Crippen molar-refractivity contribution in [3.05, 3.63) is 83.9 Å². The van der Waals surface area contributed by atoms with Crippen LogP contribution in [0.25, 0.3) is 0 Å². The molecule has 0 amide bonds. The second-order valence-corrected chi connectivity index (χ2v) is 7.24. The topological polar surface area (TPSA) is 76.0 Å². The summed E-state index contributed by atoms with van der Waals surface area (Å²) in [4.78, 5) is 4.39. The van der Waals surface area contributed by atoms with Crippen LogP contribution in [-0.2, 0) is 10.1 Å². The highest BCUT2D eigenvalue weighted by Crippen LogP contribution is 2.20. The average Bonchev–Trinajstić information content (AvgIpc) is 2.62. The number of benzene rings is 3. The van der Waals surface area contributed by atoms with Crippen LogP contribution in [0, 0.1) is 6.92 Å². The summed E-state index contributed by atoms with van der Waals surface area (Å²) < 4.78 is 29.7. The van der Waals surface area contributed by atoms with E-state index in [4.69, 9.17) is 4.18 Å². The third-order valence-electron chi connectivity index (χ3n) is 3.61. The minimum absolute atomic E-state index is 0.112. The molecule has 0 aliphatic rings. The van der Waals surface area contributed by atoms with E-state index in [1.807, 2.05) is 6.92 Å². The van der Waals surface area contributed by atoms with Crippen molar-refractivity contribution >= 4 is 22.0 Å². The largest absolute Gasteiger partial charge is 0.508 e. The van der Waals surface area contributed by atoms with Gasteiger partial charge in [0.2, 0.25) is 0 Å². The molecular weight excluding hydrogens is 350 g/mol. The fraction of sp³-hybridized carbons (Fsp3) is 0.0500. The van der Waals surface area contributed by atoms with Crippen molar-refractivity contribution in [2.24, 2.45) is 4.99 Å². The second kappa shape index (κ2) is 7.41. The number of hydrogen-bond acceptors (Lipinski definition) is 5. The Kier molecular flexibility index (Phi) is 5.04. The molecule has 1 N–H and O–H groups in total. The number of rotatable bonds is 5. The molecule has 0 aliphatic heterocycles. The third-order valence-corrected chi connectivity index (χ3v) is 4.87. The maximum absolute atomic E-state index is 12.3. The van der Waals surface area contributed by atoms with Gasteiger partial charge in [-0.15, -0.1) is 0 Å². The fourth-order valence-corrected chi connectivity index (χ4v) is 3.11. The molecule has 0 fully saturated rings. The van der Waals surface area contributed by atoms with E-state index in [-0.39, 0.29) is 16.4 Å². The Hall–Kier alpha value is -3.12. The van der Waals surface area contributed by atoms with E-state index < -0.39 is 10.1 Å². The molecule has 3 aromatic rings. The normalized spacial score (nSPS) is 11.6. The van der Waals surface area contributed by atoms with Crippen molar-refractivity contribution in [2.75, 3.05) is 0 Å². The second-order valence-electron chi connectivity index (χ2n) is 5.69. The molecule has 0 saturated heterocycles. The van der Waals surface area contributed by atoms with Gasteiger partial charge in [-0.3, -0.25) is 4.99 Å². The zero-order chi connectivity index (χ0) is 18.6. The standard InChI is InChI=1S/C20H17NO4S/c1-15-2-12-20(13-3-15)26(23,24)25-19-10-4-16(5-11-19)14-21-17-6-8-18(22)9-7-17/h2-14,22H,1H3. The first-order valence-corrected chi connectivity index (χ1v) is 9.27. The van der Waals surface area contributed by atoms with Crippen LogP contribution in [-0.4, -0.2) is 19.7 Å². The molecule has 26 heavy (non-hydrogen) atoms. The first kappa shape index (κ1) is 17.7. The van der Waals surface area contributed by atoms with Crippen LogP contribution in [0.3, 0.4) is 0 Å². The van der Waals surface area contributed by atoms with E-state index in [0.29, 0.717) is 5.69 Å². The number of aromatic hydroxyl groups is 1. The number of aryl methyl sites for hydroxylation is 1. The summed E-state index contributed by atoms with van der Waals surface area (Å²) in [6.07, 6.45) is 1.64. The molecule has 0 bridgehead atoms. The van der Waals surface area contributed by atoms with Crippen molar-refractivity contribution in [3.8, 4) is 11.5 Å². The summed E-state index contributed by atoms with van der Waals surface area (Å²) in [5.41, 5.74) is 2.46. The highest BCUT2D eigenvalue weighted by atomic mass is 32.2. The predicted octanol–water partition coefficient (Wildman–Crippen LogP) is 4.22. The Balaban J connectivity index is 1.71. The van der Waals surface area contributed by atoms with Crippen molar-refractivity contribution in [1.29, 1.82) is 0 Å². The van der Waals surface area contributed by atoms with E-state index in [9.17, 15) is 13.5 Å². The van der Waals surface area contributed by atoms with Gasteiger partial charge in [-0.25, -0.2) is 0 Å². The summed E-state index contributed by atoms with van der Waals surface area (Å²) in [6, 6.07) is 19.5. The Bertz CT molecular complexity index is 1010. The monoisotopic (exact) mass is 367 g/mol. The molecule has 0 spiro atoms. The molecule has 0 atom stereocenters. The first-order chi connectivity index (χ1) is 12.4. The molecule has 6 heteroatoms. The van der Waals surface area contributed by atoms with Gasteiger partial charge in [0.1, 0.15) is 16.4 Å². The number of hydrogen-bond donors (Lipinski definition) is 1. The van der Waals surface area contributed by atoms with E-state index in [2.05, 4.69) is 4.99 Å². The minimum atomic E-state index is -3.86.